The Morgan fingerprint density at radius 1 is 0.955 bits per heavy atom. The van der Waals surface area contributed by atoms with Gasteiger partial charge in [-0.3, -0.25) is 4.79 Å². The second kappa shape index (κ2) is 14.8. The first-order chi connectivity index (χ1) is 9.04. The summed E-state index contributed by atoms with van der Waals surface area (Å²) in [7, 11) is 1.19. The molecule has 22 heavy (non-hydrogen) atoms. The zero-order valence-corrected chi connectivity index (χ0v) is 15.4. The predicted molar refractivity (Wildman–Crippen MR) is 93.0 cm³/mol. The predicted octanol–water partition coefficient (Wildman–Crippen LogP) is 0.732. The van der Waals surface area contributed by atoms with Crippen LogP contribution in [0.2, 0.25) is 0 Å². The summed E-state index contributed by atoms with van der Waals surface area (Å²) in [6.45, 7) is 6.96. The van der Waals surface area contributed by atoms with E-state index < -0.39 is 30.1 Å². The molecular weight excluding hydrogens is 332 g/mol. The average Bonchev–Trinajstić information content (AvgIpc) is 2.34. The van der Waals surface area contributed by atoms with Crippen LogP contribution < -0.4 is 11.1 Å². The number of amides is 1. The number of carboxylic acids is 2. The highest BCUT2D eigenvalue weighted by Crippen LogP contribution is 2.01. The molecule has 0 saturated heterocycles. The van der Waals surface area contributed by atoms with Crippen LogP contribution in [0.5, 0.6) is 0 Å². The van der Waals surface area contributed by atoms with E-state index in [1.807, 2.05) is 0 Å². The number of aliphatic carboxylic acids is 2. The van der Waals surface area contributed by atoms with Gasteiger partial charge >= 0.3 is 18.0 Å². The second-order valence-electron chi connectivity index (χ2n) is 4.80. The molecule has 2 atom stereocenters. The fourth-order valence-corrected chi connectivity index (χ4v) is 0.985. The van der Waals surface area contributed by atoms with Gasteiger partial charge in [0, 0.05) is 0 Å². The molecule has 0 unspecified atom stereocenters. The topological polar surface area (TPSA) is 139 Å². The number of nitrogens with two attached hydrogens (primary N) is 1. The normalized spacial score (nSPS) is 11.8. The van der Waals surface area contributed by atoms with E-state index >= 15 is 0 Å². The number of nitrogens with one attached hydrogen (secondary N) is 1. The minimum Gasteiger partial charge on any atom is -0.480 e. The number of hydrogen-bond acceptors (Lipinski definition) is 5. The average molecular weight is 360 g/mol. The molecule has 0 spiro atoms. The summed E-state index contributed by atoms with van der Waals surface area (Å²) in [4.78, 5) is 31.2. The maximum atomic E-state index is 10.6. The second-order valence-corrected chi connectivity index (χ2v) is 4.80. The third-order valence-electron chi connectivity index (χ3n) is 2.39. The van der Waals surface area contributed by atoms with Crippen LogP contribution in [0.3, 0.4) is 0 Å². The van der Waals surface area contributed by atoms with Crippen molar-refractivity contribution in [3.05, 3.63) is 0 Å². The lowest BCUT2D eigenvalue weighted by atomic mass is 10.1. The lowest BCUT2D eigenvalue weighted by molar-refractivity contribution is -0.141. The SMILES string of the molecule is CC(C)[C@H](N)C(=O)O.COC(=O)N[C@H](C(=O)O)C(C)C.S.S. The smallest absolute Gasteiger partial charge is 0.407 e. The Kier molecular flexibility index (Phi) is 19.5. The van der Waals surface area contributed by atoms with Gasteiger partial charge in [-0.25, -0.2) is 9.59 Å². The zero-order valence-electron chi connectivity index (χ0n) is 13.4. The number of hydrogen-bond donors (Lipinski definition) is 4. The molecule has 10 heteroatoms. The first kappa shape index (κ1) is 29.0. The van der Waals surface area contributed by atoms with Crippen molar-refractivity contribution in [1.29, 1.82) is 0 Å². The molecule has 8 nitrogen and oxygen atoms in total. The van der Waals surface area contributed by atoms with Gasteiger partial charge in [-0.05, 0) is 11.8 Å². The third-order valence-corrected chi connectivity index (χ3v) is 2.39. The van der Waals surface area contributed by atoms with E-state index in [1.165, 1.54) is 7.11 Å². The molecule has 0 saturated carbocycles. The lowest BCUT2D eigenvalue weighted by Crippen LogP contribution is -2.44. The van der Waals surface area contributed by atoms with Gasteiger partial charge < -0.3 is 26.0 Å². The maximum absolute atomic E-state index is 10.6. The van der Waals surface area contributed by atoms with Crippen LogP contribution >= 0.6 is 27.0 Å². The fraction of sp³-hybridized carbons (Fsp3) is 0.750. The highest BCUT2D eigenvalue weighted by molar-refractivity contribution is 7.59. The van der Waals surface area contributed by atoms with Crippen LogP contribution in [-0.2, 0) is 14.3 Å². The zero-order chi connectivity index (χ0) is 16.5. The van der Waals surface area contributed by atoms with E-state index in [0.29, 0.717) is 0 Å². The van der Waals surface area contributed by atoms with Crippen LogP contribution in [0.15, 0.2) is 0 Å². The minimum atomic E-state index is -1.06. The third kappa shape index (κ3) is 13.8. The minimum absolute atomic E-state index is 0. The van der Waals surface area contributed by atoms with Gasteiger partial charge in [0.05, 0.1) is 7.11 Å². The van der Waals surface area contributed by atoms with Crippen LogP contribution in [-0.4, -0.2) is 47.4 Å². The van der Waals surface area contributed by atoms with Crippen molar-refractivity contribution in [2.75, 3.05) is 7.11 Å². The molecule has 1 amide bonds. The summed E-state index contributed by atoms with van der Waals surface area (Å²) in [5.41, 5.74) is 5.16. The summed E-state index contributed by atoms with van der Waals surface area (Å²) in [6, 6.07) is -1.60. The van der Waals surface area contributed by atoms with Crippen LogP contribution in [0, 0.1) is 11.8 Å². The number of rotatable bonds is 5. The summed E-state index contributed by atoms with van der Waals surface area (Å²) in [5.74, 6) is -2.13. The molecule has 0 aromatic rings. The first-order valence-electron chi connectivity index (χ1n) is 6.10. The molecule has 0 aromatic heterocycles. The number of alkyl carbamates (subject to hydrolysis) is 1. The highest BCUT2D eigenvalue weighted by Gasteiger charge is 2.23. The Hall–Kier alpha value is -1.13. The van der Waals surface area contributed by atoms with E-state index in [0.717, 1.165) is 0 Å². The summed E-state index contributed by atoms with van der Waals surface area (Å²) < 4.78 is 4.27. The lowest BCUT2D eigenvalue weighted by Gasteiger charge is -2.16. The van der Waals surface area contributed by atoms with Crippen LogP contribution in [0.25, 0.3) is 0 Å². The first-order valence-corrected chi connectivity index (χ1v) is 6.10. The Labute approximate surface area is 144 Å². The highest BCUT2D eigenvalue weighted by atomic mass is 32.1. The van der Waals surface area contributed by atoms with Crippen molar-refractivity contribution in [3.8, 4) is 0 Å². The van der Waals surface area contributed by atoms with Crippen molar-refractivity contribution in [2.45, 2.75) is 39.8 Å². The standard InChI is InChI=1S/C7H13NO4.C5H11NO2.2H2S/c1-4(2)5(6(9)10)8-7(11)12-3;1-3(2)4(6)5(7)8;;/h4-5H,1-3H3,(H,8,11)(H,9,10);3-4H,6H2,1-2H3,(H,7,8);2*1H2/t5-;4-;;/m00../s1. The molecule has 0 rings (SSSR count). The maximum Gasteiger partial charge on any atom is 0.407 e. The van der Waals surface area contributed by atoms with Crippen molar-refractivity contribution >= 4 is 45.0 Å². The number of ether oxygens (including phenoxy) is 1. The van der Waals surface area contributed by atoms with Crippen molar-refractivity contribution in [3.63, 3.8) is 0 Å². The number of methoxy groups -OCH3 is 1. The fourth-order valence-electron chi connectivity index (χ4n) is 0.985. The molecule has 0 aliphatic rings. The number of carboxylic acid groups (broad SMARTS) is 2. The van der Waals surface area contributed by atoms with Crippen molar-refractivity contribution in [1.82, 2.24) is 5.32 Å². The molecule has 5 N–H and O–H groups in total. The molecule has 0 bridgehead atoms. The van der Waals surface area contributed by atoms with Gasteiger partial charge in [0.2, 0.25) is 0 Å². The van der Waals surface area contributed by atoms with E-state index in [-0.39, 0.29) is 38.8 Å². The van der Waals surface area contributed by atoms with Gasteiger partial charge in [0.1, 0.15) is 12.1 Å². The molecule has 0 heterocycles. The van der Waals surface area contributed by atoms with E-state index in [4.69, 9.17) is 15.9 Å². The molecular formula is C12H28N2O6S2. The Balaban J connectivity index is -0.000000144. The van der Waals surface area contributed by atoms with E-state index in [9.17, 15) is 14.4 Å². The van der Waals surface area contributed by atoms with Gasteiger partial charge in [0.25, 0.3) is 0 Å². The quantitative estimate of drug-likeness (QED) is 0.567. The van der Waals surface area contributed by atoms with Gasteiger partial charge in [0.15, 0.2) is 0 Å². The monoisotopic (exact) mass is 360 g/mol. The van der Waals surface area contributed by atoms with E-state index in [2.05, 4.69) is 10.1 Å². The number of carbonyl (C=O) groups is 3. The van der Waals surface area contributed by atoms with Crippen molar-refractivity contribution in [2.24, 2.45) is 17.6 Å². The Morgan fingerprint density at radius 3 is 1.50 bits per heavy atom. The summed E-state index contributed by atoms with van der Waals surface area (Å²) >= 11 is 0. The molecule has 134 valence electrons. The largest absolute Gasteiger partial charge is 0.480 e. The molecule has 0 radical (unpaired) electrons. The van der Waals surface area contributed by atoms with E-state index in [1.54, 1.807) is 27.7 Å². The molecule has 0 aliphatic heterocycles. The van der Waals surface area contributed by atoms with Gasteiger partial charge in [-0.2, -0.15) is 27.0 Å². The summed E-state index contributed by atoms with van der Waals surface area (Å²) in [6.07, 6.45) is -0.726. The van der Waals surface area contributed by atoms with Crippen molar-refractivity contribution < 1.29 is 29.3 Å². The molecule has 0 fully saturated rings. The molecule has 0 aromatic carbocycles. The van der Waals surface area contributed by atoms with Crippen LogP contribution in [0.1, 0.15) is 27.7 Å². The summed E-state index contributed by atoms with van der Waals surface area (Å²) in [5, 5.41) is 19.1. The van der Waals surface area contributed by atoms with Crippen LogP contribution in [0.4, 0.5) is 4.79 Å². The van der Waals surface area contributed by atoms with Gasteiger partial charge in [-0.15, -0.1) is 0 Å². The number of carbonyl (C=O) groups excluding carboxylic acids is 1. The Morgan fingerprint density at radius 2 is 1.36 bits per heavy atom. The Bertz CT molecular complexity index is 340. The molecule has 0 aliphatic carbocycles. The van der Waals surface area contributed by atoms with Gasteiger partial charge in [-0.1, -0.05) is 27.7 Å².